The molecule has 2 amide bonds. The summed E-state index contributed by atoms with van der Waals surface area (Å²) in [5.41, 5.74) is 0. The quantitative estimate of drug-likeness (QED) is 0.663. The SMILES string of the molecule is CSCCC(O)CNC(=O)NC1CCCC1. The van der Waals surface area contributed by atoms with Crippen molar-refractivity contribution in [1.82, 2.24) is 10.6 Å². The van der Waals surface area contributed by atoms with Crippen LogP contribution in [0.2, 0.25) is 0 Å². The molecule has 0 saturated heterocycles. The van der Waals surface area contributed by atoms with Gasteiger partial charge in [0.2, 0.25) is 0 Å². The van der Waals surface area contributed by atoms with E-state index in [-0.39, 0.29) is 6.03 Å². The summed E-state index contributed by atoms with van der Waals surface area (Å²) in [5, 5.41) is 15.2. The maximum absolute atomic E-state index is 11.4. The Morgan fingerprint density at radius 1 is 1.50 bits per heavy atom. The summed E-state index contributed by atoms with van der Waals surface area (Å²) in [5.74, 6) is 0.924. The Labute approximate surface area is 102 Å². The van der Waals surface area contributed by atoms with Crippen LogP contribution < -0.4 is 10.6 Å². The number of carbonyl (C=O) groups excluding carboxylic acids is 1. The van der Waals surface area contributed by atoms with Crippen molar-refractivity contribution in [2.75, 3.05) is 18.6 Å². The number of nitrogens with one attached hydrogen (secondary N) is 2. The van der Waals surface area contributed by atoms with E-state index in [9.17, 15) is 9.90 Å². The molecule has 1 unspecified atom stereocenters. The molecule has 1 atom stereocenters. The fraction of sp³-hybridized carbons (Fsp3) is 0.909. The molecule has 1 aliphatic carbocycles. The van der Waals surface area contributed by atoms with E-state index < -0.39 is 6.10 Å². The molecule has 1 aliphatic rings. The maximum atomic E-state index is 11.4. The predicted molar refractivity (Wildman–Crippen MR) is 67.8 cm³/mol. The average molecular weight is 246 g/mol. The summed E-state index contributed by atoms with van der Waals surface area (Å²) in [6.07, 6.45) is 6.90. The van der Waals surface area contributed by atoms with Gasteiger partial charge < -0.3 is 15.7 Å². The Hall–Kier alpha value is -0.420. The average Bonchev–Trinajstić information content (AvgIpc) is 2.76. The number of rotatable bonds is 6. The molecule has 1 fully saturated rings. The fourth-order valence-electron chi connectivity index (χ4n) is 1.87. The number of carbonyl (C=O) groups is 1. The number of aliphatic hydroxyl groups excluding tert-OH is 1. The molecular weight excluding hydrogens is 224 g/mol. The van der Waals surface area contributed by atoms with Gasteiger partial charge in [-0.3, -0.25) is 0 Å². The Morgan fingerprint density at radius 2 is 2.19 bits per heavy atom. The van der Waals surface area contributed by atoms with Crippen LogP contribution in [-0.4, -0.2) is 41.8 Å². The fourth-order valence-corrected chi connectivity index (χ4v) is 2.38. The van der Waals surface area contributed by atoms with Gasteiger partial charge >= 0.3 is 6.03 Å². The second-order valence-electron chi connectivity index (χ2n) is 4.27. The first kappa shape index (κ1) is 13.6. The van der Waals surface area contributed by atoms with Crippen molar-refractivity contribution in [1.29, 1.82) is 0 Å². The summed E-state index contributed by atoms with van der Waals surface area (Å²) in [7, 11) is 0. The smallest absolute Gasteiger partial charge is 0.315 e. The van der Waals surface area contributed by atoms with Gasteiger partial charge in [-0.15, -0.1) is 0 Å². The Bertz CT molecular complexity index is 208. The number of amides is 2. The van der Waals surface area contributed by atoms with Crippen LogP contribution in [0.1, 0.15) is 32.1 Å². The minimum Gasteiger partial charge on any atom is -0.391 e. The highest BCUT2D eigenvalue weighted by molar-refractivity contribution is 7.98. The summed E-state index contributed by atoms with van der Waals surface area (Å²) >= 11 is 1.70. The van der Waals surface area contributed by atoms with Gasteiger partial charge in [0.15, 0.2) is 0 Å². The van der Waals surface area contributed by atoms with E-state index in [2.05, 4.69) is 10.6 Å². The third kappa shape index (κ3) is 5.61. The van der Waals surface area contributed by atoms with Crippen molar-refractivity contribution in [3.05, 3.63) is 0 Å². The highest BCUT2D eigenvalue weighted by Crippen LogP contribution is 2.17. The zero-order valence-electron chi connectivity index (χ0n) is 9.87. The van der Waals surface area contributed by atoms with Crippen LogP contribution >= 0.6 is 11.8 Å². The van der Waals surface area contributed by atoms with E-state index in [0.29, 0.717) is 12.6 Å². The molecule has 5 heteroatoms. The lowest BCUT2D eigenvalue weighted by Gasteiger charge is -2.15. The number of urea groups is 1. The van der Waals surface area contributed by atoms with Crippen molar-refractivity contribution in [3.8, 4) is 0 Å². The standard InChI is InChI=1S/C11H22N2O2S/c1-16-7-6-10(14)8-12-11(15)13-9-4-2-3-5-9/h9-10,14H,2-8H2,1H3,(H2,12,13,15). The molecule has 1 rings (SSSR count). The Morgan fingerprint density at radius 3 is 2.81 bits per heavy atom. The molecule has 94 valence electrons. The predicted octanol–water partition coefficient (Wildman–Crippen LogP) is 1.34. The van der Waals surface area contributed by atoms with Gasteiger partial charge in [-0.2, -0.15) is 11.8 Å². The van der Waals surface area contributed by atoms with Gasteiger partial charge in [0.25, 0.3) is 0 Å². The highest BCUT2D eigenvalue weighted by atomic mass is 32.2. The van der Waals surface area contributed by atoms with E-state index in [1.54, 1.807) is 11.8 Å². The van der Waals surface area contributed by atoms with Gasteiger partial charge in [-0.25, -0.2) is 4.79 Å². The molecular formula is C11H22N2O2S. The molecule has 0 aromatic rings. The van der Waals surface area contributed by atoms with Gasteiger partial charge in [-0.05, 0) is 31.3 Å². The van der Waals surface area contributed by atoms with Crippen molar-refractivity contribution in [3.63, 3.8) is 0 Å². The van der Waals surface area contributed by atoms with Crippen molar-refractivity contribution < 1.29 is 9.90 Å². The molecule has 0 spiro atoms. The van der Waals surface area contributed by atoms with Gasteiger partial charge in [0.1, 0.15) is 0 Å². The molecule has 0 aromatic carbocycles. The highest BCUT2D eigenvalue weighted by Gasteiger charge is 2.17. The molecule has 1 saturated carbocycles. The molecule has 0 bridgehead atoms. The van der Waals surface area contributed by atoms with Crippen LogP contribution in [0, 0.1) is 0 Å². The Kier molecular flexibility index (Phi) is 6.64. The lowest BCUT2D eigenvalue weighted by atomic mass is 10.2. The molecule has 0 aromatic heterocycles. The lowest BCUT2D eigenvalue weighted by Crippen LogP contribution is -2.43. The van der Waals surface area contributed by atoms with Crippen LogP contribution in [0.15, 0.2) is 0 Å². The minimum atomic E-state index is -0.429. The third-order valence-corrected chi connectivity index (χ3v) is 3.49. The van der Waals surface area contributed by atoms with Gasteiger partial charge in [0, 0.05) is 12.6 Å². The Balaban J connectivity index is 2.04. The normalized spacial score (nSPS) is 18.4. The first-order valence-corrected chi connectivity index (χ1v) is 7.33. The summed E-state index contributed by atoms with van der Waals surface area (Å²) in [6.45, 7) is 0.346. The zero-order chi connectivity index (χ0) is 11.8. The topological polar surface area (TPSA) is 61.4 Å². The van der Waals surface area contributed by atoms with E-state index >= 15 is 0 Å². The van der Waals surface area contributed by atoms with Crippen LogP contribution in [-0.2, 0) is 0 Å². The lowest BCUT2D eigenvalue weighted by molar-refractivity contribution is 0.167. The number of hydrogen-bond donors (Lipinski definition) is 3. The van der Waals surface area contributed by atoms with E-state index in [0.717, 1.165) is 25.0 Å². The van der Waals surface area contributed by atoms with Crippen molar-refractivity contribution in [2.24, 2.45) is 0 Å². The van der Waals surface area contributed by atoms with Gasteiger partial charge in [0.05, 0.1) is 6.10 Å². The van der Waals surface area contributed by atoms with Crippen molar-refractivity contribution >= 4 is 17.8 Å². The summed E-state index contributed by atoms with van der Waals surface area (Å²) < 4.78 is 0. The van der Waals surface area contributed by atoms with E-state index in [4.69, 9.17) is 0 Å². The summed E-state index contributed by atoms with van der Waals surface area (Å²) in [4.78, 5) is 11.4. The van der Waals surface area contributed by atoms with Crippen molar-refractivity contribution in [2.45, 2.75) is 44.2 Å². The monoisotopic (exact) mass is 246 g/mol. The second-order valence-corrected chi connectivity index (χ2v) is 5.26. The van der Waals surface area contributed by atoms with Crippen LogP contribution in [0.4, 0.5) is 4.79 Å². The number of aliphatic hydroxyl groups is 1. The third-order valence-electron chi connectivity index (χ3n) is 2.84. The molecule has 0 radical (unpaired) electrons. The summed E-state index contributed by atoms with van der Waals surface area (Å²) in [6, 6.07) is 0.193. The van der Waals surface area contributed by atoms with Gasteiger partial charge in [-0.1, -0.05) is 12.8 Å². The van der Waals surface area contributed by atoms with Crippen LogP contribution in [0.5, 0.6) is 0 Å². The minimum absolute atomic E-state index is 0.143. The maximum Gasteiger partial charge on any atom is 0.315 e. The molecule has 0 heterocycles. The van der Waals surface area contributed by atoms with E-state index in [1.807, 2.05) is 6.26 Å². The molecule has 3 N–H and O–H groups in total. The largest absolute Gasteiger partial charge is 0.391 e. The molecule has 16 heavy (non-hydrogen) atoms. The molecule has 0 aliphatic heterocycles. The number of thioether (sulfide) groups is 1. The zero-order valence-corrected chi connectivity index (χ0v) is 10.7. The molecule has 4 nitrogen and oxygen atoms in total. The first-order chi connectivity index (χ1) is 7.72. The number of hydrogen-bond acceptors (Lipinski definition) is 3. The van der Waals surface area contributed by atoms with Crippen LogP contribution in [0.3, 0.4) is 0 Å². The van der Waals surface area contributed by atoms with Crippen LogP contribution in [0.25, 0.3) is 0 Å². The van der Waals surface area contributed by atoms with E-state index in [1.165, 1.54) is 12.8 Å². The second kappa shape index (κ2) is 7.79. The first-order valence-electron chi connectivity index (χ1n) is 5.93.